The minimum atomic E-state index is -0.755. The third-order valence-electron chi connectivity index (χ3n) is 5.38. The standard InChI is InChI=1S/C20H20ClN3O3/c1-20(2,3)17(25)16-15-14(13-5-4-10-22-24(13)16)18(26)23(19(15)27)12-8-6-11(21)7-9-12/h4-10,13-16H,1-3H3/t13-,14-,15-,16+/m1/s1. The minimum Gasteiger partial charge on any atom is -0.297 e. The van der Waals surface area contributed by atoms with Crippen molar-refractivity contribution in [1.29, 1.82) is 0 Å². The van der Waals surface area contributed by atoms with Gasteiger partial charge in [-0.15, -0.1) is 0 Å². The normalized spacial score (nSPS) is 29.3. The number of halogens is 1. The molecule has 0 radical (unpaired) electrons. The summed E-state index contributed by atoms with van der Waals surface area (Å²) in [6.07, 6.45) is 5.19. The van der Waals surface area contributed by atoms with Gasteiger partial charge in [0.2, 0.25) is 11.8 Å². The van der Waals surface area contributed by atoms with Gasteiger partial charge in [0, 0.05) is 16.7 Å². The van der Waals surface area contributed by atoms with Crippen molar-refractivity contribution in [2.24, 2.45) is 22.4 Å². The smallest absolute Gasteiger partial charge is 0.240 e. The summed E-state index contributed by atoms with van der Waals surface area (Å²) >= 11 is 5.93. The highest BCUT2D eigenvalue weighted by Gasteiger charge is 2.64. The van der Waals surface area contributed by atoms with E-state index in [-0.39, 0.29) is 17.6 Å². The van der Waals surface area contributed by atoms with Crippen LogP contribution in [0.2, 0.25) is 5.02 Å². The Morgan fingerprint density at radius 3 is 2.33 bits per heavy atom. The van der Waals surface area contributed by atoms with Crippen LogP contribution in [0.4, 0.5) is 5.69 Å². The summed E-state index contributed by atoms with van der Waals surface area (Å²) in [5.74, 6) is -2.12. The lowest BCUT2D eigenvalue weighted by Crippen LogP contribution is -2.49. The number of imide groups is 1. The molecular weight excluding hydrogens is 366 g/mol. The van der Waals surface area contributed by atoms with Gasteiger partial charge in [0.15, 0.2) is 5.78 Å². The van der Waals surface area contributed by atoms with Gasteiger partial charge in [-0.3, -0.25) is 19.4 Å². The highest BCUT2D eigenvalue weighted by atomic mass is 35.5. The predicted octanol–water partition coefficient (Wildman–Crippen LogP) is 2.67. The van der Waals surface area contributed by atoms with Crippen LogP contribution in [0.25, 0.3) is 0 Å². The van der Waals surface area contributed by atoms with E-state index in [1.807, 2.05) is 26.8 Å². The molecule has 0 unspecified atom stereocenters. The van der Waals surface area contributed by atoms with Crippen LogP contribution >= 0.6 is 11.6 Å². The highest BCUT2D eigenvalue weighted by Crippen LogP contribution is 2.47. The first kappa shape index (κ1) is 17.9. The summed E-state index contributed by atoms with van der Waals surface area (Å²) in [5, 5.41) is 6.49. The quantitative estimate of drug-likeness (QED) is 0.734. The largest absolute Gasteiger partial charge is 0.297 e. The molecule has 0 spiro atoms. The van der Waals surface area contributed by atoms with Crippen molar-refractivity contribution < 1.29 is 14.4 Å². The fourth-order valence-electron chi connectivity index (χ4n) is 4.13. The van der Waals surface area contributed by atoms with Crippen LogP contribution in [-0.4, -0.2) is 40.9 Å². The number of carbonyl (C=O) groups excluding carboxylic acids is 3. The number of allylic oxidation sites excluding steroid dienone is 1. The van der Waals surface area contributed by atoms with Crippen molar-refractivity contribution in [1.82, 2.24) is 5.01 Å². The molecule has 1 aromatic rings. The number of benzene rings is 1. The Balaban J connectivity index is 1.79. The van der Waals surface area contributed by atoms with E-state index < -0.39 is 29.3 Å². The second-order valence-electron chi connectivity index (χ2n) is 8.12. The Hall–Kier alpha value is -2.47. The first-order valence-corrected chi connectivity index (χ1v) is 9.26. The van der Waals surface area contributed by atoms with Crippen molar-refractivity contribution in [3.05, 3.63) is 41.4 Å². The second kappa shape index (κ2) is 6.02. The number of nitrogens with zero attached hydrogens (tertiary/aromatic N) is 3. The lowest BCUT2D eigenvalue weighted by molar-refractivity contribution is -0.136. The average molecular weight is 386 g/mol. The van der Waals surface area contributed by atoms with Gasteiger partial charge in [0.25, 0.3) is 0 Å². The van der Waals surface area contributed by atoms with Crippen LogP contribution in [0.1, 0.15) is 20.8 Å². The number of hydrazone groups is 1. The maximum atomic E-state index is 13.3. The van der Waals surface area contributed by atoms with E-state index in [0.717, 1.165) is 0 Å². The number of rotatable bonds is 2. The molecular formula is C20H20ClN3O3. The average Bonchev–Trinajstić information content (AvgIpc) is 3.08. The lowest BCUT2D eigenvalue weighted by atomic mass is 9.80. The van der Waals surface area contributed by atoms with Crippen molar-refractivity contribution >= 4 is 41.1 Å². The molecule has 3 aliphatic heterocycles. The van der Waals surface area contributed by atoms with E-state index in [1.165, 1.54) is 4.90 Å². The molecule has 2 amide bonds. The van der Waals surface area contributed by atoms with Crippen LogP contribution < -0.4 is 4.90 Å². The van der Waals surface area contributed by atoms with E-state index >= 15 is 0 Å². The maximum absolute atomic E-state index is 13.3. The SMILES string of the molecule is CC(C)(C)C(=O)[C@@H]1[C@@H]2C(=O)N(c3ccc(Cl)cc3)C(=O)[C@@H]2[C@H]2C=CC=NN21. The number of carbonyl (C=O) groups is 3. The van der Waals surface area contributed by atoms with Crippen LogP contribution in [0, 0.1) is 17.3 Å². The molecule has 7 heteroatoms. The van der Waals surface area contributed by atoms with E-state index in [1.54, 1.807) is 41.6 Å². The molecule has 2 fully saturated rings. The fourth-order valence-corrected chi connectivity index (χ4v) is 4.25. The number of hydrogen-bond acceptors (Lipinski definition) is 5. The molecule has 6 nitrogen and oxygen atoms in total. The molecule has 140 valence electrons. The summed E-state index contributed by atoms with van der Waals surface area (Å²) in [6.45, 7) is 5.46. The molecule has 2 saturated heterocycles. The molecule has 0 bridgehead atoms. The number of hydrogen-bond donors (Lipinski definition) is 0. The third kappa shape index (κ3) is 2.62. The predicted molar refractivity (Wildman–Crippen MR) is 102 cm³/mol. The zero-order valence-corrected chi connectivity index (χ0v) is 16.1. The summed E-state index contributed by atoms with van der Waals surface area (Å²) in [5.41, 5.74) is -0.182. The molecule has 3 heterocycles. The Morgan fingerprint density at radius 2 is 1.70 bits per heavy atom. The lowest BCUT2D eigenvalue weighted by Gasteiger charge is -2.33. The number of anilines is 1. The molecule has 0 aliphatic carbocycles. The molecule has 27 heavy (non-hydrogen) atoms. The van der Waals surface area contributed by atoms with Crippen molar-refractivity contribution in [3.8, 4) is 0 Å². The first-order chi connectivity index (χ1) is 12.7. The van der Waals surface area contributed by atoms with E-state index in [9.17, 15) is 14.4 Å². The van der Waals surface area contributed by atoms with E-state index in [0.29, 0.717) is 10.7 Å². The second-order valence-corrected chi connectivity index (χ2v) is 8.56. The van der Waals surface area contributed by atoms with Gasteiger partial charge in [-0.1, -0.05) is 38.4 Å². The summed E-state index contributed by atoms with van der Waals surface area (Å²) in [6, 6.07) is 5.42. The molecule has 4 rings (SSSR count). The Kier molecular flexibility index (Phi) is 4.00. The molecule has 3 aliphatic rings. The number of fused-ring (bicyclic) bond motifs is 3. The first-order valence-electron chi connectivity index (χ1n) is 8.88. The van der Waals surface area contributed by atoms with Gasteiger partial charge >= 0.3 is 0 Å². The topological polar surface area (TPSA) is 70.0 Å². The summed E-state index contributed by atoms with van der Waals surface area (Å²) in [7, 11) is 0. The zero-order valence-electron chi connectivity index (χ0n) is 15.3. The number of Topliss-reactive ketones (excluding diaryl/α,β-unsaturated/α-hetero) is 1. The Morgan fingerprint density at radius 1 is 1.07 bits per heavy atom. The van der Waals surface area contributed by atoms with Crippen LogP contribution in [0.15, 0.2) is 41.5 Å². The molecule has 0 aromatic heterocycles. The monoisotopic (exact) mass is 385 g/mol. The third-order valence-corrected chi connectivity index (χ3v) is 5.64. The molecule has 0 saturated carbocycles. The van der Waals surface area contributed by atoms with Crippen molar-refractivity contribution in [2.45, 2.75) is 32.9 Å². The zero-order chi connectivity index (χ0) is 19.5. The fraction of sp³-hybridized carbons (Fsp3) is 0.400. The van der Waals surface area contributed by atoms with Crippen LogP contribution in [0.5, 0.6) is 0 Å². The van der Waals surface area contributed by atoms with E-state index in [2.05, 4.69) is 5.10 Å². The number of amides is 2. The molecule has 1 aromatic carbocycles. The Labute approximate surface area is 162 Å². The highest BCUT2D eigenvalue weighted by molar-refractivity contribution is 6.31. The van der Waals surface area contributed by atoms with Gasteiger partial charge in [-0.05, 0) is 30.3 Å². The molecule has 4 atom stereocenters. The van der Waals surface area contributed by atoms with Gasteiger partial charge in [-0.2, -0.15) is 5.10 Å². The van der Waals surface area contributed by atoms with Crippen LogP contribution in [0.3, 0.4) is 0 Å². The van der Waals surface area contributed by atoms with Gasteiger partial charge in [0.05, 0.1) is 23.6 Å². The Bertz CT molecular complexity index is 885. The van der Waals surface area contributed by atoms with Crippen molar-refractivity contribution in [3.63, 3.8) is 0 Å². The van der Waals surface area contributed by atoms with Gasteiger partial charge < -0.3 is 0 Å². The summed E-state index contributed by atoms with van der Waals surface area (Å²) in [4.78, 5) is 40.8. The summed E-state index contributed by atoms with van der Waals surface area (Å²) < 4.78 is 0. The van der Waals surface area contributed by atoms with Crippen LogP contribution in [-0.2, 0) is 14.4 Å². The van der Waals surface area contributed by atoms with Gasteiger partial charge in [0.1, 0.15) is 6.04 Å². The number of ketones is 1. The maximum Gasteiger partial charge on any atom is 0.240 e. The van der Waals surface area contributed by atoms with Gasteiger partial charge in [-0.25, -0.2) is 4.90 Å². The van der Waals surface area contributed by atoms with E-state index in [4.69, 9.17) is 11.6 Å². The molecule has 0 N–H and O–H groups in total. The minimum absolute atomic E-state index is 0.0912. The van der Waals surface area contributed by atoms with Crippen molar-refractivity contribution in [2.75, 3.05) is 4.90 Å².